The summed E-state index contributed by atoms with van der Waals surface area (Å²) in [6.45, 7) is 5.96. The van der Waals surface area contributed by atoms with Gasteiger partial charge in [0.2, 0.25) is 0 Å². The van der Waals surface area contributed by atoms with Gasteiger partial charge < -0.3 is 15.0 Å². The van der Waals surface area contributed by atoms with E-state index in [-0.39, 0.29) is 24.0 Å². The summed E-state index contributed by atoms with van der Waals surface area (Å²) in [4.78, 5) is 14.0. The number of rotatable bonds is 4. The van der Waals surface area contributed by atoms with Gasteiger partial charge >= 0.3 is 6.03 Å². The molecule has 0 bridgehead atoms. The number of likely N-dealkylation sites (tertiary alicyclic amines) is 1. The summed E-state index contributed by atoms with van der Waals surface area (Å²) in [5.41, 5.74) is 0.771. The van der Waals surface area contributed by atoms with Crippen molar-refractivity contribution in [2.75, 3.05) is 19.7 Å². The lowest BCUT2D eigenvalue weighted by atomic mass is 10.1. The lowest BCUT2D eigenvalue weighted by Gasteiger charge is -2.32. The Hall–Kier alpha value is -1.62. The third kappa shape index (κ3) is 4.43. The van der Waals surface area contributed by atoms with Gasteiger partial charge in [0.25, 0.3) is 0 Å². The van der Waals surface area contributed by atoms with E-state index in [0.717, 1.165) is 18.4 Å². The molecule has 0 aromatic heterocycles. The highest BCUT2D eigenvalue weighted by molar-refractivity contribution is 5.74. The maximum absolute atomic E-state index is 13.2. The van der Waals surface area contributed by atoms with Crippen molar-refractivity contribution in [3.05, 3.63) is 35.6 Å². The molecule has 1 unspecified atom stereocenters. The highest BCUT2D eigenvalue weighted by Crippen LogP contribution is 2.17. The number of nitrogens with zero attached hydrogens (tertiary/aromatic N) is 1. The van der Waals surface area contributed by atoms with Crippen LogP contribution in [-0.4, -0.2) is 36.7 Å². The molecule has 0 aliphatic carbocycles. The lowest BCUT2D eigenvalue weighted by Crippen LogP contribution is -2.46. The van der Waals surface area contributed by atoms with Crippen molar-refractivity contribution in [2.24, 2.45) is 0 Å². The fourth-order valence-corrected chi connectivity index (χ4v) is 2.60. The fraction of sp³-hybridized carbons (Fsp3) is 0.562. The highest BCUT2D eigenvalue weighted by atomic mass is 19.1. The van der Waals surface area contributed by atoms with Crippen LogP contribution in [0.25, 0.3) is 0 Å². The molecule has 21 heavy (non-hydrogen) atoms. The largest absolute Gasteiger partial charge is 0.378 e. The quantitative estimate of drug-likeness (QED) is 0.927. The average Bonchev–Trinajstić information content (AvgIpc) is 2.48. The van der Waals surface area contributed by atoms with Crippen LogP contribution in [0.1, 0.15) is 38.3 Å². The SMILES string of the molecule is CCOC1CCN(C(=O)NC(C)c2cccc(F)c2)CC1. The Morgan fingerprint density at radius 3 is 2.81 bits per heavy atom. The molecule has 116 valence electrons. The Labute approximate surface area is 125 Å². The summed E-state index contributed by atoms with van der Waals surface area (Å²) in [6, 6.07) is 6.01. The van der Waals surface area contributed by atoms with Crippen LogP contribution in [0.5, 0.6) is 0 Å². The van der Waals surface area contributed by atoms with Crippen molar-refractivity contribution in [2.45, 2.75) is 38.8 Å². The smallest absolute Gasteiger partial charge is 0.317 e. The molecule has 5 heteroatoms. The first-order valence-electron chi connectivity index (χ1n) is 7.52. The Morgan fingerprint density at radius 2 is 2.19 bits per heavy atom. The molecule has 4 nitrogen and oxygen atoms in total. The molecule has 2 amide bonds. The number of hydrogen-bond acceptors (Lipinski definition) is 2. The summed E-state index contributed by atoms with van der Waals surface area (Å²) in [6.07, 6.45) is 2.00. The van der Waals surface area contributed by atoms with E-state index in [1.807, 2.05) is 19.9 Å². The van der Waals surface area contributed by atoms with E-state index in [0.29, 0.717) is 19.7 Å². The van der Waals surface area contributed by atoms with Crippen LogP contribution in [0, 0.1) is 5.82 Å². The Kier molecular flexibility index (Phi) is 5.56. The second kappa shape index (κ2) is 7.41. The molecular weight excluding hydrogens is 271 g/mol. The van der Waals surface area contributed by atoms with Crippen molar-refractivity contribution in [1.82, 2.24) is 10.2 Å². The second-order valence-corrected chi connectivity index (χ2v) is 5.37. The third-order valence-electron chi connectivity index (χ3n) is 3.82. The van der Waals surface area contributed by atoms with Gasteiger partial charge in [-0.25, -0.2) is 9.18 Å². The van der Waals surface area contributed by atoms with E-state index in [4.69, 9.17) is 4.74 Å². The average molecular weight is 294 g/mol. The van der Waals surface area contributed by atoms with Crippen LogP contribution in [0.15, 0.2) is 24.3 Å². The number of amides is 2. The minimum absolute atomic E-state index is 0.0956. The number of ether oxygens (including phenoxy) is 1. The minimum atomic E-state index is -0.286. The van der Waals surface area contributed by atoms with Crippen molar-refractivity contribution in [1.29, 1.82) is 0 Å². The van der Waals surface area contributed by atoms with Gasteiger partial charge in [0.05, 0.1) is 12.1 Å². The van der Waals surface area contributed by atoms with Crippen LogP contribution < -0.4 is 5.32 Å². The summed E-state index contributed by atoms with van der Waals surface area (Å²) in [5.74, 6) is -0.286. The molecule has 1 heterocycles. The first-order valence-corrected chi connectivity index (χ1v) is 7.52. The molecule has 0 radical (unpaired) electrons. The number of piperidine rings is 1. The van der Waals surface area contributed by atoms with Gasteiger partial charge in [-0.05, 0) is 44.4 Å². The van der Waals surface area contributed by atoms with Gasteiger partial charge in [-0.3, -0.25) is 0 Å². The van der Waals surface area contributed by atoms with Gasteiger partial charge in [-0.2, -0.15) is 0 Å². The Morgan fingerprint density at radius 1 is 1.48 bits per heavy atom. The van der Waals surface area contributed by atoms with Crippen molar-refractivity contribution < 1.29 is 13.9 Å². The molecule has 1 atom stereocenters. The first kappa shape index (κ1) is 15.8. The van der Waals surface area contributed by atoms with Crippen LogP contribution in [0.2, 0.25) is 0 Å². The van der Waals surface area contributed by atoms with E-state index >= 15 is 0 Å². The van der Waals surface area contributed by atoms with E-state index in [1.165, 1.54) is 12.1 Å². The molecule has 1 aliphatic rings. The Bertz CT molecular complexity index is 473. The molecule has 1 saturated heterocycles. The van der Waals surface area contributed by atoms with Gasteiger partial charge in [0.15, 0.2) is 0 Å². The van der Waals surface area contributed by atoms with E-state index in [9.17, 15) is 9.18 Å². The topological polar surface area (TPSA) is 41.6 Å². The molecule has 1 N–H and O–H groups in total. The van der Waals surface area contributed by atoms with Gasteiger partial charge in [-0.15, -0.1) is 0 Å². The van der Waals surface area contributed by atoms with Crippen LogP contribution in [0.3, 0.4) is 0 Å². The molecule has 1 fully saturated rings. The lowest BCUT2D eigenvalue weighted by molar-refractivity contribution is 0.0218. The molecular formula is C16H23FN2O2. The van der Waals surface area contributed by atoms with Gasteiger partial charge in [0, 0.05) is 19.7 Å². The first-order chi connectivity index (χ1) is 10.1. The van der Waals surface area contributed by atoms with Crippen molar-refractivity contribution in [3.8, 4) is 0 Å². The second-order valence-electron chi connectivity index (χ2n) is 5.37. The maximum Gasteiger partial charge on any atom is 0.317 e. The normalized spacial score (nSPS) is 17.6. The number of carbonyl (C=O) groups is 1. The van der Waals surface area contributed by atoms with E-state index in [1.54, 1.807) is 11.0 Å². The van der Waals surface area contributed by atoms with Crippen molar-refractivity contribution >= 4 is 6.03 Å². The molecule has 1 aliphatic heterocycles. The zero-order valence-corrected chi connectivity index (χ0v) is 12.6. The van der Waals surface area contributed by atoms with Gasteiger partial charge in [-0.1, -0.05) is 12.1 Å². The number of benzene rings is 1. The summed E-state index contributed by atoms with van der Waals surface area (Å²) in [7, 11) is 0. The Balaban J connectivity index is 1.84. The number of carbonyl (C=O) groups excluding carboxylic acids is 1. The van der Waals surface area contributed by atoms with Gasteiger partial charge in [0.1, 0.15) is 5.82 Å². The van der Waals surface area contributed by atoms with E-state index < -0.39 is 0 Å². The zero-order valence-electron chi connectivity index (χ0n) is 12.6. The predicted octanol–water partition coefficient (Wildman–Crippen LogP) is 3.10. The molecule has 0 saturated carbocycles. The van der Waals surface area contributed by atoms with Crippen LogP contribution in [-0.2, 0) is 4.74 Å². The number of urea groups is 1. The summed E-state index contributed by atoms with van der Waals surface area (Å²) >= 11 is 0. The van der Waals surface area contributed by atoms with Crippen molar-refractivity contribution in [3.63, 3.8) is 0 Å². The fourth-order valence-electron chi connectivity index (χ4n) is 2.60. The molecule has 2 rings (SSSR count). The number of halogens is 1. The van der Waals surface area contributed by atoms with E-state index in [2.05, 4.69) is 5.32 Å². The maximum atomic E-state index is 13.2. The molecule has 0 spiro atoms. The zero-order chi connectivity index (χ0) is 15.2. The predicted molar refractivity (Wildman–Crippen MR) is 79.6 cm³/mol. The number of nitrogens with one attached hydrogen (secondary N) is 1. The standard InChI is InChI=1S/C16H23FN2O2/c1-3-21-15-7-9-19(10-8-15)16(20)18-12(2)13-5-4-6-14(17)11-13/h4-6,11-12,15H,3,7-10H2,1-2H3,(H,18,20). The third-order valence-corrected chi connectivity index (χ3v) is 3.82. The van der Waals surface area contributed by atoms with Crippen LogP contribution in [0.4, 0.5) is 9.18 Å². The summed E-state index contributed by atoms with van der Waals surface area (Å²) < 4.78 is 18.8. The van der Waals surface area contributed by atoms with Crippen LogP contribution >= 0.6 is 0 Å². The minimum Gasteiger partial charge on any atom is -0.378 e. The summed E-state index contributed by atoms with van der Waals surface area (Å²) in [5, 5.41) is 2.92. The molecule has 1 aromatic carbocycles. The number of hydrogen-bond donors (Lipinski definition) is 1. The highest BCUT2D eigenvalue weighted by Gasteiger charge is 2.23. The molecule has 1 aromatic rings. The monoisotopic (exact) mass is 294 g/mol.